The molecule has 0 saturated heterocycles. The zero-order valence-corrected chi connectivity index (χ0v) is 17.5. The average Bonchev–Trinajstić information content (AvgIpc) is 2.69. The lowest BCUT2D eigenvalue weighted by Gasteiger charge is -2.11. The van der Waals surface area contributed by atoms with E-state index >= 15 is 0 Å². The molecule has 0 spiro atoms. The Bertz CT molecular complexity index is 1090. The molecule has 1 heterocycles. The van der Waals surface area contributed by atoms with Gasteiger partial charge in [0.15, 0.2) is 0 Å². The van der Waals surface area contributed by atoms with Gasteiger partial charge in [0.2, 0.25) is 0 Å². The molecule has 0 aliphatic rings. The van der Waals surface area contributed by atoms with Crippen molar-refractivity contribution in [3.63, 3.8) is 0 Å². The maximum atomic E-state index is 12.6. The summed E-state index contributed by atoms with van der Waals surface area (Å²) in [5.74, 6) is -0.739. The number of nitrogens with zero attached hydrogens (tertiary/aromatic N) is 1. The quantitative estimate of drug-likeness (QED) is 0.518. The molecule has 0 unspecified atom stereocenters. The first kappa shape index (κ1) is 20.3. The third-order valence-electron chi connectivity index (χ3n) is 3.64. The van der Waals surface area contributed by atoms with E-state index in [0.717, 1.165) is 4.47 Å². The fraction of sp³-hybridized carbons (Fsp3) is 0.0526. The molecular weight excluding hydrogens is 468 g/mol. The van der Waals surface area contributed by atoms with Crippen LogP contribution in [0.4, 0.5) is 5.69 Å². The minimum absolute atomic E-state index is 0.0451. The molecule has 0 saturated carbocycles. The van der Waals surface area contributed by atoms with E-state index in [1.165, 1.54) is 18.2 Å². The first-order chi connectivity index (χ1) is 13.3. The number of halogens is 2. The van der Waals surface area contributed by atoms with Crippen molar-refractivity contribution in [3.8, 4) is 0 Å². The summed E-state index contributed by atoms with van der Waals surface area (Å²) in [6, 6.07) is 15.7. The summed E-state index contributed by atoms with van der Waals surface area (Å²) in [5.41, 5.74) is 0.904. The molecule has 0 fully saturated rings. The van der Waals surface area contributed by atoms with Gasteiger partial charge in [0, 0.05) is 16.4 Å². The zero-order valence-electron chi connectivity index (χ0n) is 14.3. The van der Waals surface area contributed by atoms with E-state index in [1.807, 2.05) is 0 Å². The lowest BCUT2D eigenvalue weighted by Crippen LogP contribution is -2.14. The highest BCUT2D eigenvalue weighted by Crippen LogP contribution is 2.24. The lowest BCUT2D eigenvalue weighted by molar-refractivity contribution is 0.0467. The number of hydrogen-bond donors (Lipinski definition) is 1. The van der Waals surface area contributed by atoms with Gasteiger partial charge in [0.25, 0.3) is 10.0 Å². The van der Waals surface area contributed by atoms with E-state index in [9.17, 15) is 13.2 Å². The van der Waals surface area contributed by atoms with Crippen molar-refractivity contribution in [2.75, 3.05) is 4.72 Å². The number of aromatic nitrogens is 1. The second-order valence-corrected chi connectivity index (χ2v) is 8.66. The minimum Gasteiger partial charge on any atom is -0.456 e. The van der Waals surface area contributed by atoms with E-state index < -0.39 is 16.0 Å². The largest absolute Gasteiger partial charge is 0.456 e. The van der Waals surface area contributed by atoms with Crippen molar-refractivity contribution in [2.24, 2.45) is 0 Å². The Hall–Kier alpha value is -2.42. The van der Waals surface area contributed by atoms with Crippen molar-refractivity contribution < 1.29 is 17.9 Å². The Morgan fingerprint density at radius 2 is 1.86 bits per heavy atom. The average molecular weight is 482 g/mol. The lowest BCUT2D eigenvalue weighted by atomic mass is 10.2. The van der Waals surface area contributed by atoms with Gasteiger partial charge in [-0.1, -0.05) is 33.6 Å². The van der Waals surface area contributed by atoms with E-state index in [-0.39, 0.29) is 22.1 Å². The number of ether oxygens (including phenoxy) is 1. The van der Waals surface area contributed by atoms with Gasteiger partial charge in [-0.2, -0.15) is 0 Å². The fourth-order valence-corrected chi connectivity index (χ4v) is 3.80. The van der Waals surface area contributed by atoms with Crippen molar-refractivity contribution in [3.05, 3.63) is 87.6 Å². The number of pyridine rings is 1. The number of carbonyl (C=O) groups is 1. The summed E-state index contributed by atoms with van der Waals surface area (Å²) >= 11 is 9.35. The van der Waals surface area contributed by atoms with E-state index in [4.69, 9.17) is 16.3 Å². The zero-order chi connectivity index (χ0) is 20.1. The van der Waals surface area contributed by atoms with Crippen LogP contribution in [0.3, 0.4) is 0 Å². The van der Waals surface area contributed by atoms with Gasteiger partial charge >= 0.3 is 5.97 Å². The molecule has 3 aromatic rings. The van der Waals surface area contributed by atoms with Gasteiger partial charge in [-0.25, -0.2) is 13.2 Å². The number of nitrogens with one attached hydrogen (secondary N) is 1. The Morgan fingerprint density at radius 3 is 2.54 bits per heavy atom. The SMILES string of the molecule is O=C(OCc1ccccn1)c1cc(S(=O)(=O)Nc2ccc(Br)cc2)ccc1Cl. The highest BCUT2D eigenvalue weighted by atomic mass is 79.9. The van der Waals surface area contributed by atoms with Gasteiger partial charge in [0.05, 0.1) is 21.2 Å². The van der Waals surface area contributed by atoms with Crippen LogP contribution in [0.25, 0.3) is 0 Å². The summed E-state index contributed by atoms with van der Waals surface area (Å²) in [4.78, 5) is 16.3. The molecule has 0 amide bonds. The maximum Gasteiger partial charge on any atom is 0.340 e. The van der Waals surface area contributed by atoms with Crippen LogP contribution in [0.2, 0.25) is 5.02 Å². The molecule has 0 aliphatic carbocycles. The third kappa shape index (κ3) is 5.09. The Balaban J connectivity index is 1.79. The second-order valence-electron chi connectivity index (χ2n) is 5.65. The molecule has 0 bridgehead atoms. The first-order valence-electron chi connectivity index (χ1n) is 8.00. The van der Waals surface area contributed by atoms with E-state index in [2.05, 4.69) is 25.6 Å². The van der Waals surface area contributed by atoms with Gasteiger partial charge in [-0.15, -0.1) is 0 Å². The Labute approximate surface area is 175 Å². The van der Waals surface area contributed by atoms with Gasteiger partial charge < -0.3 is 4.74 Å². The van der Waals surface area contributed by atoms with Gasteiger partial charge in [0.1, 0.15) is 6.61 Å². The number of hydrogen-bond acceptors (Lipinski definition) is 5. The number of benzene rings is 2. The number of carbonyl (C=O) groups excluding carboxylic acids is 1. The van der Waals surface area contributed by atoms with E-state index in [0.29, 0.717) is 11.4 Å². The Morgan fingerprint density at radius 1 is 1.11 bits per heavy atom. The molecule has 28 heavy (non-hydrogen) atoms. The molecule has 1 aromatic heterocycles. The maximum absolute atomic E-state index is 12.6. The molecule has 0 radical (unpaired) electrons. The van der Waals surface area contributed by atoms with Gasteiger partial charge in [-0.05, 0) is 54.6 Å². The molecule has 144 valence electrons. The van der Waals surface area contributed by atoms with Crippen LogP contribution in [-0.4, -0.2) is 19.4 Å². The highest BCUT2D eigenvalue weighted by molar-refractivity contribution is 9.10. The summed E-state index contributed by atoms with van der Waals surface area (Å²) in [7, 11) is -3.91. The number of anilines is 1. The second kappa shape index (κ2) is 8.72. The highest BCUT2D eigenvalue weighted by Gasteiger charge is 2.20. The minimum atomic E-state index is -3.91. The van der Waals surface area contributed by atoms with Crippen molar-refractivity contribution >= 4 is 49.2 Å². The van der Waals surface area contributed by atoms with Crippen LogP contribution in [-0.2, 0) is 21.4 Å². The van der Waals surface area contributed by atoms with Crippen LogP contribution in [0.15, 0.2) is 76.2 Å². The van der Waals surface area contributed by atoms with Crippen LogP contribution < -0.4 is 4.72 Å². The third-order valence-corrected chi connectivity index (χ3v) is 5.88. The monoisotopic (exact) mass is 480 g/mol. The molecule has 0 aliphatic heterocycles. The Kier molecular flexibility index (Phi) is 6.33. The molecular formula is C19H14BrClN2O4S. The predicted octanol–water partition coefficient (Wildman–Crippen LogP) is 4.66. The normalized spacial score (nSPS) is 11.1. The van der Waals surface area contributed by atoms with Crippen molar-refractivity contribution in [1.29, 1.82) is 0 Å². The van der Waals surface area contributed by atoms with Crippen LogP contribution in [0, 0.1) is 0 Å². The molecule has 3 rings (SSSR count). The fourth-order valence-electron chi connectivity index (χ4n) is 2.26. The topological polar surface area (TPSA) is 85.4 Å². The summed E-state index contributed by atoms with van der Waals surface area (Å²) < 4.78 is 33.7. The van der Waals surface area contributed by atoms with Crippen molar-refractivity contribution in [1.82, 2.24) is 4.98 Å². The number of rotatable bonds is 6. The number of esters is 1. The van der Waals surface area contributed by atoms with Crippen LogP contribution in [0.5, 0.6) is 0 Å². The van der Waals surface area contributed by atoms with Crippen molar-refractivity contribution in [2.45, 2.75) is 11.5 Å². The van der Waals surface area contributed by atoms with Gasteiger partial charge in [-0.3, -0.25) is 9.71 Å². The summed E-state index contributed by atoms with van der Waals surface area (Å²) in [5, 5.41) is 0.0913. The summed E-state index contributed by atoms with van der Waals surface area (Å²) in [6.07, 6.45) is 1.58. The van der Waals surface area contributed by atoms with E-state index in [1.54, 1.807) is 48.7 Å². The summed E-state index contributed by atoms with van der Waals surface area (Å²) in [6.45, 7) is -0.0515. The predicted molar refractivity (Wildman–Crippen MR) is 110 cm³/mol. The number of sulfonamides is 1. The molecule has 2 aromatic carbocycles. The van der Waals surface area contributed by atoms with Crippen LogP contribution in [0.1, 0.15) is 16.1 Å². The smallest absolute Gasteiger partial charge is 0.340 e. The van der Waals surface area contributed by atoms with Crippen LogP contribution >= 0.6 is 27.5 Å². The molecule has 0 atom stereocenters. The first-order valence-corrected chi connectivity index (χ1v) is 10.7. The molecule has 9 heteroatoms. The molecule has 6 nitrogen and oxygen atoms in total. The molecule has 1 N–H and O–H groups in total. The standard InChI is InChI=1S/C19H14BrClN2O4S/c20-13-4-6-14(7-5-13)23-28(25,26)16-8-9-18(21)17(11-16)19(24)27-12-15-3-1-2-10-22-15/h1-11,23H,12H2.